The molecule has 1 unspecified atom stereocenters. The molecule has 0 saturated heterocycles. The molecule has 5 nitrogen and oxygen atoms in total. The molecule has 2 heterocycles. The van der Waals surface area contributed by atoms with E-state index in [9.17, 15) is 4.79 Å². The van der Waals surface area contributed by atoms with E-state index in [1.807, 2.05) is 89.6 Å². The van der Waals surface area contributed by atoms with Crippen LogP contribution in [0.5, 0.6) is 0 Å². The van der Waals surface area contributed by atoms with Gasteiger partial charge in [0, 0.05) is 19.2 Å². The average molecular weight is 357 g/mol. The molecule has 0 saturated carbocycles. The summed E-state index contributed by atoms with van der Waals surface area (Å²) in [6.45, 7) is 0.642. The van der Waals surface area contributed by atoms with Gasteiger partial charge in [0.25, 0.3) is 5.91 Å². The van der Waals surface area contributed by atoms with Crippen LogP contribution in [-0.4, -0.2) is 16.2 Å². The average Bonchev–Trinajstić information content (AvgIpc) is 3.21. The van der Waals surface area contributed by atoms with Gasteiger partial charge in [-0.1, -0.05) is 71.9 Å². The molecule has 5 heteroatoms. The van der Waals surface area contributed by atoms with Gasteiger partial charge in [-0.05, 0) is 23.3 Å². The molecule has 0 bridgehead atoms. The Morgan fingerprint density at radius 2 is 1.70 bits per heavy atom. The summed E-state index contributed by atoms with van der Waals surface area (Å²) in [5, 5.41) is 3.97. The van der Waals surface area contributed by atoms with Gasteiger partial charge in [0.1, 0.15) is 5.49 Å². The van der Waals surface area contributed by atoms with Crippen molar-refractivity contribution in [3.63, 3.8) is 0 Å². The zero-order valence-electron chi connectivity index (χ0n) is 14.7. The maximum atomic E-state index is 12.6. The first-order chi connectivity index (χ1) is 13.3. The van der Waals surface area contributed by atoms with Gasteiger partial charge in [-0.25, -0.2) is 0 Å². The second-order valence-corrected chi connectivity index (χ2v) is 6.34. The summed E-state index contributed by atoms with van der Waals surface area (Å²) < 4.78 is 1.94. The molecule has 0 N–H and O–H groups in total. The number of benzene rings is 2. The van der Waals surface area contributed by atoms with Crippen molar-refractivity contribution in [3.8, 4) is 0 Å². The van der Waals surface area contributed by atoms with Gasteiger partial charge < -0.3 is 9.40 Å². The van der Waals surface area contributed by atoms with Gasteiger partial charge in [-0.15, -0.1) is 0 Å². The highest BCUT2D eigenvalue weighted by Gasteiger charge is 2.27. The number of oxime groups is 1. The molecule has 0 aliphatic carbocycles. The summed E-state index contributed by atoms with van der Waals surface area (Å²) in [7, 11) is 0. The molecule has 27 heavy (non-hydrogen) atoms. The lowest BCUT2D eigenvalue weighted by molar-refractivity contribution is -0.112. The van der Waals surface area contributed by atoms with E-state index in [1.54, 1.807) is 0 Å². The zero-order valence-corrected chi connectivity index (χ0v) is 14.7. The molecule has 1 aliphatic rings. The second kappa shape index (κ2) is 7.83. The number of aromatic nitrogens is 1. The first-order valence-electron chi connectivity index (χ1n) is 8.86. The van der Waals surface area contributed by atoms with Crippen LogP contribution in [0.4, 0.5) is 0 Å². The lowest BCUT2D eigenvalue weighted by Crippen LogP contribution is -2.24. The fourth-order valence-corrected chi connectivity index (χ4v) is 3.00. The number of rotatable bonds is 4. The van der Waals surface area contributed by atoms with Gasteiger partial charge in [0.05, 0.1) is 0 Å². The highest BCUT2D eigenvalue weighted by Crippen LogP contribution is 2.27. The molecule has 0 spiro atoms. The Morgan fingerprint density at radius 1 is 1.00 bits per heavy atom. The van der Waals surface area contributed by atoms with Crippen molar-refractivity contribution in [2.75, 3.05) is 0 Å². The largest absolute Gasteiger partial charge is 0.387 e. The van der Waals surface area contributed by atoms with Crippen molar-refractivity contribution in [1.29, 1.82) is 0 Å². The second-order valence-electron chi connectivity index (χ2n) is 6.34. The Morgan fingerprint density at radius 3 is 2.48 bits per heavy atom. The van der Waals surface area contributed by atoms with Crippen molar-refractivity contribution in [3.05, 3.63) is 102 Å². The summed E-state index contributed by atoms with van der Waals surface area (Å²) >= 11 is 0. The fraction of sp³-hybridized carbons (Fsp3) is 0.136. The van der Waals surface area contributed by atoms with Crippen molar-refractivity contribution < 1.29 is 9.63 Å². The standard InChI is InChI=1S/C22H19N3O2/c26-22(19-15-20(27-24-19)18-11-5-2-6-12-18)23-21-13-7-8-14-25(21)16-17-9-3-1-4-10-17/h1-14,20H,15-16H2. The normalized spacial score (nSPS) is 16.7. The molecule has 1 amide bonds. The highest BCUT2D eigenvalue weighted by molar-refractivity contribution is 6.39. The van der Waals surface area contributed by atoms with Crippen molar-refractivity contribution in [1.82, 2.24) is 4.57 Å². The Hall–Kier alpha value is -3.47. The van der Waals surface area contributed by atoms with Crippen LogP contribution in [0.15, 0.2) is 95.2 Å². The summed E-state index contributed by atoms with van der Waals surface area (Å²) in [6.07, 6.45) is 2.11. The smallest absolute Gasteiger partial charge is 0.296 e. The van der Waals surface area contributed by atoms with Gasteiger partial charge in [0.2, 0.25) is 0 Å². The summed E-state index contributed by atoms with van der Waals surface area (Å²) in [5.41, 5.74) is 3.09. The molecular formula is C22H19N3O2. The molecule has 3 aromatic rings. The van der Waals surface area contributed by atoms with Crippen LogP contribution in [0.2, 0.25) is 0 Å². The number of carbonyl (C=O) groups excluding carboxylic acids is 1. The predicted molar refractivity (Wildman–Crippen MR) is 103 cm³/mol. The van der Waals surface area contributed by atoms with E-state index >= 15 is 0 Å². The Bertz CT molecular complexity index is 1020. The van der Waals surface area contributed by atoms with E-state index in [-0.39, 0.29) is 12.0 Å². The third kappa shape index (κ3) is 4.03. The first-order valence-corrected chi connectivity index (χ1v) is 8.86. The minimum Gasteiger partial charge on any atom is -0.387 e. The maximum absolute atomic E-state index is 12.6. The van der Waals surface area contributed by atoms with Crippen LogP contribution in [-0.2, 0) is 16.2 Å². The van der Waals surface area contributed by atoms with Gasteiger partial charge in [-0.3, -0.25) is 4.79 Å². The third-order valence-electron chi connectivity index (χ3n) is 4.42. The van der Waals surface area contributed by atoms with E-state index < -0.39 is 0 Å². The topological polar surface area (TPSA) is 56.0 Å². The van der Waals surface area contributed by atoms with Crippen molar-refractivity contribution in [2.45, 2.75) is 19.1 Å². The molecule has 1 aliphatic heterocycles. The van der Waals surface area contributed by atoms with E-state index in [1.165, 1.54) is 0 Å². The van der Waals surface area contributed by atoms with E-state index in [0.29, 0.717) is 24.2 Å². The number of hydrogen-bond acceptors (Lipinski definition) is 3. The number of hydrogen-bond donors (Lipinski definition) is 0. The molecule has 2 aromatic carbocycles. The highest BCUT2D eigenvalue weighted by atomic mass is 16.6. The van der Waals surface area contributed by atoms with E-state index in [2.05, 4.69) is 10.1 Å². The zero-order chi connectivity index (χ0) is 18.5. The van der Waals surface area contributed by atoms with Crippen LogP contribution < -0.4 is 5.49 Å². The Balaban J connectivity index is 1.53. The monoisotopic (exact) mass is 357 g/mol. The fourth-order valence-electron chi connectivity index (χ4n) is 3.00. The van der Waals surface area contributed by atoms with Crippen LogP contribution in [0.1, 0.15) is 23.7 Å². The number of amides is 1. The molecule has 1 aromatic heterocycles. The van der Waals surface area contributed by atoms with E-state index in [4.69, 9.17) is 4.84 Å². The number of carbonyl (C=O) groups is 1. The molecular weight excluding hydrogens is 338 g/mol. The van der Waals surface area contributed by atoms with Gasteiger partial charge in [0.15, 0.2) is 11.8 Å². The molecule has 134 valence electrons. The summed E-state index contributed by atoms with van der Waals surface area (Å²) in [4.78, 5) is 22.3. The van der Waals surface area contributed by atoms with Crippen LogP contribution in [0, 0.1) is 0 Å². The van der Waals surface area contributed by atoms with Gasteiger partial charge in [-0.2, -0.15) is 4.99 Å². The van der Waals surface area contributed by atoms with Crippen LogP contribution in [0.3, 0.4) is 0 Å². The number of pyridine rings is 1. The maximum Gasteiger partial charge on any atom is 0.296 e. The third-order valence-corrected chi connectivity index (χ3v) is 4.42. The Labute approximate surface area is 157 Å². The SMILES string of the molecule is O=C(N=c1ccccn1Cc1ccccc1)C1=NOC(c2ccccc2)C1. The quantitative estimate of drug-likeness (QED) is 0.718. The minimum atomic E-state index is -0.360. The lowest BCUT2D eigenvalue weighted by Gasteiger charge is -2.07. The minimum absolute atomic E-state index is 0.229. The van der Waals surface area contributed by atoms with Crippen LogP contribution in [0.25, 0.3) is 0 Å². The summed E-state index contributed by atoms with van der Waals surface area (Å²) in [5.74, 6) is -0.360. The molecule has 0 radical (unpaired) electrons. The van der Waals surface area contributed by atoms with E-state index in [0.717, 1.165) is 11.1 Å². The van der Waals surface area contributed by atoms with Crippen molar-refractivity contribution >= 4 is 11.6 Å². The van der Waals surface area contributed by atoms with Gasteiger partial charge >= 0.3 is 0 Å². The number of nitrogens with zero attached hydrogens (tertiary/aromatic N) is 3. The van der Waals surface area contributed by atoms with Crippen LogP contribution >= 0.6 is 0 Å². The first kappa shape index (κ1) is 17.0. The van der Waals surface area contributed by atoms with Crippen molar-refractivity contribution in [2.24, 2.45) is 10.1 Å². The lowest BCUT2D eigenvalue weighted by atomic mass is 10.0. The molecule has 0 fully saturated rings. The molecule has 4 rings (SSSR count). The Kier molecular flexibility index (Phi) is 4.92. The summed E-state index contributed by atoms with van der Waals surface area (Å²) in [6, 6.07) is 25.5. The molecule has 1 atom stereocenters. The predicted octanol–water partition coefficient (Wildman–Crippen LogP) is 3.48.